The van der Waals surface area contributed by atoms with Crippen molar-refractivity contribution in [2.45, 2.75) is 45.3 Å². The largest absolute Gasteiger partial charge is 0.333 e. The van der Waals surface area contributed by atoms with Crippen LogP contribution in [0.1, 0.15) is 45.0 Å². The molecule has 2 atom stereocenters. The van der Waals surface area contributed by atoms with Gasteiger partial charge in [0, 0.05) is 25.0 Å². The molecule has 0 aliphatic carbocycles. The van der Waals surface area contributed by atoms with Crippen LogP contribution < -0.4 is 5.73 Å². The highest BCUT2D eigenvalue weighted by Crippen LogP contribution is 2.32. The van der Waals surface area contributed by atoms with Crippen LogP contribution in [0.5, 0.6) is 0 Å². The quantitative estimate of drug-likeness (QED) is 0.854. The Morgan fingerprint density at radius 1 is 1.59 bits per heavy atom. The summed E-state index contributed by atoms with van der Waals surface area (Å²) in [6.45, 7) is 6.88. The Balaban J connectivity index is 2.37. The molecule has 1 aliphatic rings. The highest BCUT2D eigenvalue weighted by atomic mass is 16.2. The molecule has 2 N–H and O–H groups in total. The topological polar surface area (TPSA) is 64.2 Å². The second-order valence-corrected chi connectivity index (χ2v) is 4.81. The van der Waals surface area contributed by atoms with Gasteiger partial charge < -0.3 is 15.2 Å². The summed E-state index contributed by atoms with van der Waals surface area (Å²) in [6, 6.07) is 0.170. The molecular formula is C12H20N4O. The zero-order chi connectivity index (χ0) is 12.6. The average Bonchev–Trinajstić information content (AvgIpc) is 2.81. The molecule has 1 saturated heterocycles. The number of imidazole rings is 1. The minimum absolute atomic E-state index is 0.0302. The number of hydrogen-bond acceptors (Lipinski definition) is 3. The van der Waals surface area contributed by atoms with E-state index in [9.17, 15) is 4.79 Å². The fourth-order valence-corrected chi connectivity index (χ4v) is 2.54. The number of carbonyl (C=O) groups excluding carboxylic acids is 1. The van der Waals surface area contributed by atoms with Crippen molar-refractivity contribution in [3.63, 3.8) is 0 Å². The molecule has 17 heavy (non-hydrogen) atoms. The molecule has 2 rings (SSSR count). The zero-order valence-corrected chi connectivity index (χ0v) is 10.6. The van der Waals surface area contributed by atoms with E-state index in [0.717, 1.165) is 5.69 Å². The third kappa shape index (κ3) is 1.95. The van der Waals surface area contributed by atoms with E-state index in [-0.39, 0.29) is 18.0 Å². The summed E-state index contributed by atoms with van der Waals surface area (Å²) < 4.78 is 2.09. The predicted molar refractivity (Wildman–Crippen MR) is 65.3 cm³/mol. The maximum atomic E-state index is 11.8. The number of rotatable bonds is 3. The van der Waals surface area contributed by atoms with Gasteiger partial charge in [-0.25, -0.2) is 4.98 Å². The maximum absolute atomic E-state index is 11.8. The van der Waals surface area contributed by atoms with Crippen LogP contribution in [0.2, 0.25) is 0 Å². The molecule has 0 saturated carbocycles. The van der Waals surface area contributed by atoms with Gasteiger partial charge in [-0.15, -0.1) is 0 Å². The lowest BCUT2D eigenvalue weighted by Crippen LogP contribution is -2.34. The normalized spacial score (nSPS) is 25.0. The fourth-order valence-electron chi connectivity index (χ4n) is 2.54. The number of hydrogen-bond donors (Lipinski definition) is 1. The number of nitrogens with two attached hydrogens (primary N) is 1. The van der Waals surface area contributed by atoms with E-state index in [0.29, 0.717) is 19.0 Å². The van der Waals surface area contributed by atoms with Gasteiger partial charge in [-0.3, -0.25) is 4.79 Å². The van der Waals surface area contributed by atoms with E-state index < -0.39 is 0 Å². The highest BCUT2D eigenvalue weighted by Gasteiger charge is 2.39. The van der Waals surface area contributed by atoms with Crippen molar-refractivity contribution in [3.8, 4) is 0 Å². The summed E-state index contributed by atoms with van der Waals surface area (Å²) >= 11 is 0. The highest BCUT2D eigenvalue weighted by molar-refractivity contribution is 5.80. The van der Waals surface area contributed by atoms with E-state index in [4.69, 9.17) is 5.73 Å². The molecule has 0 radical (unpaired) electrons. The summed E-state index contributed by atoms with van der Waals surface area (Å²) in [4.78, 5) is 17.9. The monoisotopic (exact) mass is 236 g/mol. The summed E-state index contributed by atoms with van der Waals surface area (Å²) in [6.07, 6.45) is 4.07. The van der Waals surface area contributed by atoms with Crippen molar-refractivity contribution in [2.24, 2.45) is 5.73 Å². The van der Waals surface area contributed by atoms with Crippen LogP contribution in [0, 0.1) is 0 Å². The van der Waals surface area contributed by atoms with Gasteiger partial charge in [-0.1, -0.05) is 0 Å². The van der Waals surface area contributed by atoms with Crippen molar-refractivity contribution in [1.82, 2.24) is 14.5 Å². The van der Waals surface area contributed by atoms with E-state index in [1.807, 2.05) is 24.3 Å². The molecule has 1 aromatic rings. The lowest BCUT2D eigenvalue weighted by atomic mass is 10.1. The Labute approximate surface area is 102 Å². The van der Waals surface area contributed by atoms with E-state index >= 15 is 0 Å². The minimum atomic E-state index is -0.128. The molecule has 1 aromatic heterocycles. The van der Waals surface area contributed by atoms with E-state index in [1.54, 1.807) is 0 Å². The van der Waals surface area contributed by atoms with Crippen LogP contribution in [-0.4, -0.2) is 32.9 Å². The van der Waals surface area contributed by atoms with E-state index in [1.165, 1.54) is 0 Å². The standard InChI is InChI=1S/C12H20N4O/c1-4-15-11(17)5-9(13)12(15)10-6-14-7-16(10)8(2)3/h6-9,12H,4-5,13H2,1-3H3. The molecule has 94 valence electrons. The third-order valence-electron chi connectivity index (χ3n) is 3.37. The Kier molecular flexibility index (Phi) is 3.19. The van der Waals surface area contributed by atoms with Gasteiger partial charge in [0.15, 0.2) is 0 Å². The van der Waals surface area contributed by atoms with Crippen molar-refractivity contribution < 1.29 is 4.79 Å². The van der Waals surface area contributed by atoms with Gasteiger partial charge in [0.2, 0.25) is 5.91 Å². The van der Waals surface area contributed by atoms with Gasteiger partial charge in [0.25, 0.3) is 0 Å². The SMILES string of the molecule is CCN1C(=O)CC(N)C1c1cncn1C(C)C. The number of carbonyl (C=O) groups is 1. The predicted octanol–water partition coefficient (Wildman–Crippen LogP) is 1.08. The van der Waals surface area contributed by atoms with Crippen molar-refractivity contribution in [1.29, 1.82) is 0 Å². The van der Waals surface area contributed by atoms with Crippen LogP contribution in [0.25, 0.3) is 0 Å². The summed E-state index contributed by atoms with van der Waals surface area (Å²) in [5.41, 5.74) is 7.13. The Morgan fingerprint density at radius 3 is 2.88 bits per heavy atom. The van der Waals surface area contributed by atoms with Crippen LogP contribution in [-0.2, 0) is 4.79 Å². The Hall–Kier alpha value is -1.36. The molecular weight excluding hydrogens is 216 g/mol. The van der Waals surface area contributed by atoms with Gasteiger partial charge in [0.05, 0.1) is 24.3 Å². The second-order valence-electron chi connectivity index (χ2n) is 4.81. The fraction of sp³-hybridized carbons (Fsp3) is 0.667. The van der Waals surface area contributed by atoms with Gasteiger partial charge in [0.1, 0.15) is 0 Å². The van der Waals surface area contributed by atoms with Crippen molar-refractivity contribution >= 4 is 5.91 Å². The molecule has 1 aliphatic heterocycles. The Bertz CT molecular complexity index is 412. The number of amides is 1. The van der Waals surface area contributed by atoms with Crippen LogP contribution in [0.15, 0.2) is 12.5 Å². The van der Waals surface area contributed by atoms with Crippen LogP contribution in [0.3, 0.4) is 0 Å². The Morgan fingerprint density at radius 2 is 2.29 bits per heavy atom. The first-order chi connectivity index (χ1) is 8.06. The third-order valence-corrected chi connectivity index (χ3v) is 3.37. The first-order valence-electron chi connectivity index (χ1n) is 6.13. The van der Waals surface area contributed by atoms with Crippen molar-refractivity contribution in [3.05, 3.63) is 18.2 Å². The zero-order valence-electron chi connectivity index (χ0n) is 10.6. The molecule has 0 aromatic carbocycles. The second kappa shape index (κ2) is 4.49. The maximum Gasteiger partial charge on any atom is 0.224 e. The van der Waals surface area contributed by atoms with Crippen LogP contribution >= 0.6 is 0 Å². The lowest BCUT2D eigenvalue weighted by molar-refractivity contribution is -0.128. The van der Waals surface area contributed by atoms with Gasteiger partial charge in [-0.05, 0) is 20.8 Å². The molecule has 5 heteroatoms. The lowest BCUT2D eigenvalue weighted by Gasteiger charge is -2.27. The first kappa shape index (κ1) is 12.1. The molecule has 0 bridgehead atoms. The van der Waals surface area contributed by atoms with E-state index in [2.05, 4.69) is 23.4 Å². The molecule has 1 amide bonds. The van der Waals surface area contributed by atoms with Crippen molar-refractivity contribution in [2.75, 3.05) is 6.54 Å². The summed E-state index contributed by atoms with van der Waals surface area (Å²) in [5, 5.41) is 0. The molecule has 5 nitrogen and oxygen atoms in total. The van der Waals surface area contributed by atoms with Gasteiger partial charge in [-0.2, -0.15) is 0 Å². The minimum Gasteiger partial charge on any atom is -0.333 e. The van der Waals surface area contributed by atoms with Crippen LogP contribution in [0.4, 0.5) is 0 Å². The van der Waals surface area contributed by atoms with Gasteiger partial charge >= 0.3 is 0 Å². The average molecular weight is 236 g/mol. The number of likely N-dealkylation sites (N-methyl/N-ethyl adjacent to an activating group) is 1. The summed E-state index contributed by atoms with van der Waals surface area (Å²) in [5.74, 6) is 0.140. The number of aromatic nitrogens is 2. The number of nitrogens with zero attached hydrogens (tertiary/aromatic N) is 3. The molecule has 2 unspecified atom stereocenters. The first-order valence-corrected chi connectivity index (χ1v) is 6.13. The molecule has 0 spiro atoms. The summed E-state index contributed by atoms with van der Waals surface area (Å²) in [7, 11) is 0. The molecule has 1 fully saturated rings. The number of likely N-dealkylation sites (tertiary alicyclic amines) is 1. The smallest absolute Gasteiger partial charge is 0.224 e. The molecule has 2 heterocycles.